The van der Waals surface area contributed by atoms with Crippen LogP contribution in [-0.2, 0) is 33.8 Å². The minimum absolute atomic E-state index is 0.0804. The minimum atomic E-state index is -0.426. The monoisotopic (exact) mass is 512 g/mol. The Bertz CT molecular complexity index is 1220. The lowest BCUT2D eigenvalue weighted by molar-refractivity contribution is -0.123. The number of carbonyl (C=O) groups is 2. The summed E-state index contributed by atoms with van der Waals surface area (Å²) in [6, 6.07) is 10.7. The van der Waals surface area contributed by atoms with E-state index in [4.69, 9.17) is 9.57 Å². The number of thiophene rings is 2. The van der Waals surface area contributed by atoms with Gasteiger partial charge in [-0.15, -0.1) is 22.7 Å². The third-order valence-electron chi connectivity index (χ3n) is 5.77. The van der Waals surface area contributed by atoms with Gasteiger partial charge in [-0.25, -0.2) is 4.79 Å². The van der Waals surface area contributed by atoms with E-state index in [-0.39, 0.29) is 31.4 Å². The van der Waals surface area contributed by atoms with E-state index < -0.39 is 5.97 Å². The van der Waals surface area contributed by atoms with Crippen LogP contribution in [0.4, 0.5) is 5.00 Å². The zero-order valence-corrected chi connectivity index (χ0v) is 21.4. The number of esters is 1. The molecule has 0 saturated heterocycles. The molecule has 0 atom stereocenters. The van der Waals surface area contributed by atoms with Crippen LogP contribution in [0.25, 0.3) is 0 Å². The lowest BCUT2D eigenvalue weighted by Crippen LogP contribution is -2.34. The van der Waals surface area contributed by atoms with Gasteiger partial charge < -0.3 is 14.7 Å². The van der Waals surface area contributed by atoms with Crippen molar-refractivity contribution in [3.63, 3.8) is 0 Å². The highest BCUT2D eigenvalue weighted by Crippen LogP contribution is 2.41. The lowest BCUT2D eigenvalue weighted by Gasteiger charge is -2.23. The Labute approximate surface area is 212 Å². The zero-order chi connectivity index (χ0) is 24.8. The summed E-state index contributed by atoms with van der Waals surface area (Å²) in [7, 11) is 0. The smallest absolute Gasteiger partial charge is 0.341 e. The summed E-state index contributed by atoms with van der Waals surface area (Å²) < 4.78 is 5.38. The first-order valence-corrected chi connectivity index (χ1v) is 13.3. The Balaban J connectivity index is 1.67. The van der Waals surface area contributed by atoms with Gasteiger partial charge in [0.2, 0.25) is 0 Å². The number of phenolic OH excluding ortho intramolecular Hbond substituents is 1. The predicted octanol–water partition coefficient (Wildman–Crippen LogP) is 5.54. The summed E-state index contributed by atoms with van der Waals surface area (Å²) in [4.78, 5) is 35.5. The Morgan fingerprint density at radius 2 is 1.94 bits per heavy atom. The third-order valence-corrected chi connectivity index (χ3v) is 8.06. The van der Waals surface area contributed by atoms with Crippen molar-refractivity contribution < 1.29 is 24.3 Å². The predicted molar refractivity (Wildman–Crippen MR) is 139 cm³/mol. The highest BCUT2D eigenvalue weighted by atomic mass is 32.1. The number of carbonyl (C=O) groups excluding carboxylic acids is 2. The van der Waals surface area contributed by atoms with Crippen molar-refractivity contribution in [1.82, 2.24) is 0 Å². The fourth-order valence-electron chi connectivity index (χ4n) is 4.04. The Morgan fingerprint density at radius 1 is 1.14 bits per heavy atom. The molecule has 1 aliphatic carbocycles. The second kappa shape index (κ2) is 11.5. The maximum atomic E-state index is 13.5. The highest BCUT2D eigenvalue weighted by molar-refractivity contribution is 7.17. The van der Waals surface area contributed by atoms with Gasteiger partial charge in [0.15, 0.2) is 6.61 Å². The molecule has 9 heteroatoms. The number of hydrogen-bond acceptors (Lipinski definition) is 8. The van der Waals surface area contributed by atoms with Gasteiger partial charge in [-0.3, -0.25) is 9.69 Å². The molecule has 0 saturated carbocycles. The van der Waals surface area contributed by atoms with E-state index in [0.29, 0.717) is 21.8 Å². The largest absolute Gasteiger partial charge is 0.508 e. The van der Waals surface area contributed by atoms with Crippen LogP contribution in [0.3, 0.4) is 0 Å². The van der Waals surface area contributed by atoms with Gasteiger partial charge in [0.1, 0.15) is 10.8 Å². The number of nitrogens with zero attached hydrogens (tertiary/aromatic N) is 2. The van der Waals surface area contributed by atoms with Gasteiger partial charge in [0.05, 0.1) is 29.3 Å². The molecule has 1 amide bonds. The average molecular weight is 513 g/mol. The van der Waals surface area contributed by atoms with Crippen molar-refractivity contribution in [3.05, 3.63) is 68.2 Å². The van der Waals surface area contributed by atoms with E-state index in [1.54, 1.807) is 31.2 Å². The molecule has 2 heterocycles. The number of aryl methyl sites for hydroxylation is 1. The normalized spacial score (nSPS) is 13.3. The molecule has 7 nitrogen and oxygen atoms in total. The van der Waals surface area contributed by atoms with E-state index >= 15 is 0 Å². The van der Waals surface area contributed by atoms with Crippen molar-refractivity contribution in [1.29, 1.82) is 0 Å². The first kappa shape index (κ1) is 24.9. The Kier molecular flexibility index (Phi) is 8.20. The van der Waals surface area contributed by atoms with E-state index in [2.05, 4.69) is 5.16 Å². The van der Waals surface area contributed by atoms with Gasteiger partial charge >= 0.3 is 5.97 Å². The molecule has 3 aromatic rings. The summed E-state index contributed by atoms with van der Waals surface area (Å²) >= 11 is 2.99. The number of amides is 1. The number of hydrogen-bond donors (Lipinski definition) is 1. The molecule has 0 fully saturated rings. The summed E-state index contributed by atoms with van der Waals surface area (Å²) in [5.74, 6) is -0.707. The van der Waals surface area contributed by atoms with Gasteiger partial charge in [0, 0.05) is 10.4 Å². The molecular formula is C26H28N2O5S2. The standard InChI is InChI=1S/C26H28N2O5S2/c1-3-32-26(31)24-19-10-5-7-12-22(19)35-25(24)28(15-18-9-4-6-11-20(18)29)23(30)16-33-27-17(2)21-13-8-14-34-21/h4,6,8-9,11,13-14,29H,3,5,7,10,12,15-16H2,1-2H3/b27-17+. The average Bonchev–Trinajstić information content (AvgIpc) is 3.52. The van der Waals surface area contributed by atoms with Gasteiger partial charge in [0.25, 0.3) is 5.91 Å². The fraction of sp³-hybridized carbons (Fsp3) is 0.346. The fourth-order valence-corrected chi connectivity index (χ4v) is 6.10. The van der Waals surface area contributed by atoms with Crippen molar-refractivity contribution in [2.45, 2.75) is 46.1 Å². The van der Waals surface area contributed by atoms with Crippen LogP contribution in [0.5, 0.6) is 5.75 Å². The van der Waals surface area contributed by atoms with Crippen LogP contribution in [0, 0.1) is 0 Å². The second-order valence-electron chi connectivity index (χ2n) is 8.15. The molecule has 0 unspecified atom stereocenters. The number of phenols is 1. The number of anilines is 1. The second-order valence-corrected chi connectivity index (χ2v) is 10.2. The molecule has 1 aliphatic rings. The number of aromatic hydroxyl groups is 1. The van der Waals surface area contributed by atoms with Crippen LogP contribution >= 0.6 is 22.7 Å². The van der Waals surface area contributed by atoms with E-state index in [1.165, 1.54) is 27.6 Å². The number of oxime groups is 1. The Morgan fingerprint density at radius 3 is 2.69 bits per heavy atom. The molecule has 0 aliphatic heterocycles. The van der Waals surface area contributed by atoms with E-state index in [0.717, 1.165) is 41.0 Å². The molecular weight excluding hydrogens is 484 g/mol. The van der Waals surface area contributed by atoms with Crippen LogP contribution in [-0.4, -0.2) is 35.9 Å². The zero-order valence-electron chi connectivity index (χ0n) is 19.8. The summed E-state index contributed by atoms with van der Waals surface area (Å²) in [5, 5.41) is 17.0. The van der Waals surface area contributed by atoms with E-state index in [9.17, 15) is 14.7 Å². The van der Waals surface area contributed by atoms with Crippen LogP contribution < -0.4 is 4.90 Å². The molecule has 1 aromatic carbocycles. The maximum Gasteiger partial charge on any atom is 0.341 e. The van der Waals surface area contributed by atoms with Gasteiger partial charge in [-0.05, 0) is 62.6 Å². The van der Waals surface area contributed by atoms with Crippen molar-refractivity contribution in [2.75, 3.05) is 18.1 Å². The summed E-state index contributed by atoms with van der Waals surface area (Å²) in [6.07, 6.45) is 3.68. The van der Waals surface area contributed by atoms with E-state index in [1.807, 2.05) is 24.4 Å². The molecule has 0 bridgehead atoms. The molecule has 4 rings (SSSR count). The van der Waals surface area contributed by atoms with Crippen LogP contribution in [0.2, 0.25) is 0 Å². The topological polar surface area (TPSA) is 88.4 Å². The lowest BCUT2D eigenvalue weighted by atomic mass is 9.95. The molecule has 35 heavy (non-hydrogen) atoms. The summed E-state index contributed by atoms with van der Waals surface area (Å²) in [6.45, 7) is 3.62. The number of rotatable bonds is 9. The van der Waals surface area contributed by atoms with Crippen molar-refractivity contribution >= 4 is 45.3 Å². The number of fused-ring (bicyclic) bond motifs is 1. The highest BCUT2D eigenvalue weighted by Gasteiger charge is 2.32. The molecule has 1 N–H and O–H groups in total. The maximum absolute atomic E-state index is 13.5. The van der Waals surface area contributed by atoms with Crippen molar-refractivity contribution in [2.24, 2.45) is 5.16 Å². The SMILES string of the molecule is CCOC(=O)c1c(N(Cc2ccccc2O)C(=O)CO/N=C(\C)c2cccs2)sc2c1CCCC2. The molecule has 0 spiro atoms. The van der Waals surface area contributed by atoms with Crippen LogP contribution in [0.1, 0.15) is 57.9 Å². The van der Waals surface area contributed by atoms with Gasteiger partial charge in [-0.1, -0.05) is 29.4 Å². The van der Waals surface area contributed by atoms with Gasteiger partial charge in [-0.2, -0.15) is 0 Å². The first-order valence-electron chi connectivity index (χ1n) is 11.6. The molecule has 0 radical (unpaired) electrons. The van der Waals surface area contributed by atoms with Crippen LogP contribution in [0.15, 0.2) is 46.9 Å². The van der Waals surface area contributed by atoms with Crippen molar-refractivity contribution in [3.8, 4) is 5.75 Å². The quantitative estimate of drug-likeness (QED) is 0.231. The molecule has 2 aromatic heterocycles. The Hall–Kier alpha value is -3.17. The number of benzene rings is 1. The number of ether oxygens (including phenoxy) is 1. The molecule has 184 valence electrons. The minimum Gasteiger partial charge on any atom is -0.508 e. The summed E-state index contributed by atoms with van der Waals surface area (Å²) in [5.41, 5.74) is 2.67. The number of para-hydroxylation sites is 1. The third kappa shape index (κ3) is 5.74. The first-order chi connectivity index (χ1) is 17.0.